The van der Waals surface area contributed by atoms with E-state index in [1.807, 2.05) is 0 Å². The van der Waals surface area contributed by atoms with Crippen LogP contribution >= 0.6 is 0 Å². The minimum atomic E-state index is -0.539. The molecule has 2 aromatic carbocycles. The number of methoxy groups -OCH3 is 2. The van der Waals surface area contributed by atoms with Gasteiger partial charge in [-0.1, -0.05) is 0 Å². The Morgan fingerprint density at radius 1 is 1.00 bits per heavy atom. The lowest BCUT2D eigenvalue weighted by atomic mass is 10.0. The van der Waals surface area contributed by atoms with Crippen LogP contribution in [0.4, 0.5) is 0 Å². The highest BCUT2D eigenvalue weighted by Crippen LogP contribution is 2.33. The monoisotopic (exact) mass is 396 g/mol. The maximum Gasteiger partial charge on any atom is 0.344 e. The summed E-state index contributed by atoms with van der Waals surface area (Å²) < 4.78 is 26.8. The fraction of sp³-hybridized carbons (Fsp3) is 0.273. The van der Waals surface area contributed by atoms with Crippen LogP contribution in [0.2, 0.25) is 0 Å². The van der Waals surface area contributed by atoms with Gasteiger partial charge in [-0.15, -0.1) is 0 Å². The van der Waals surface area contributed by atoms with E-state index in [1.54, 1.807) is 43.5 Å². The number of carbonyl (C=O) groups excluding carboxylic acids is 1. The second-order valence-electron chi connectivity index (χ2n) is 6.64. The number of carbonyl (C=O) groups is 1. The Kier molecular flexibility index (Phi) is 5.22. The van der Waals surface area contributed by atoms with Gasteiger partial charge in [0, 0.05) is 29.7 Å². The highest BCUT2D eigenvalue weighted by atomic mass is 16.6. The summed E-state index contributed by atoms with van der Waals surface area (Å²) >= 11 is 0. The number of ether oxygens (including phenoxy) is 4. The van der Waals surface area contributed by atoms with Crippen molar-refractivity contribution in [1.29, 1.82) is 0 Å². The number of benzene rings is 2. The summed E-state index contributed by atoms with van der Waals surface area (Å²) in [6.07, 6.45) is 0.945. The van der Waals surface area contributed by atoms with Gasteiger partial charge in [0.1, 0.15) is 22.8 Å². The Bertz CT molecular complexity index is 1110. The average molecular weight is 396 g/mol. The molecule has 0 saturated carbocycles. The lowest BCUT2D eigenvalue weighted by Gasteiger charge is -2.11. The molecule has 1 atom stereocenters. The number of hydrogen-bond acceptors (Lipinski definition) is 7. The molecule has 1 aliphatic rings. The maximum absolute atomic E-state index is 12.6. The summed E-state index contributed by atoms with van der Waals surface area (Å²) in [7, 11) is 3.08. The van der Waals surface area contributed by atoms with E-state index in [4.69, 9.17) is 23.4 Å². The topological polar surface area (TPSA) is 84.2 Å². The average Bonchev–Trinajstić information content (AvgIpc) is 3.28. The maximum atomic E-state index is 12.6. The fourth-order valence-corrected chi connectivity index (χ4v) is 3.31. The van der Waals surface area contributed by atoms with Gasteiger partial charge in [-0.3, -0.25) is 0 Å². The summed E-state index contributed by atoms with van der Waals surface area (Å²) in [6, 6.07) is 11.8. The van der Waals surface area contributed by atoms with Gasteiger partial charge in [-0.05, 0) is 43.2 Å². The molecule has 7 nitrogen and oxygen atoms in total. The highest BCUT2D eigenvalue weighted by Gasteiger charge is 2.25. The number of esters is 1. The third-order valence-corrected chi connectivity index (χ3v) is 4.82. The SMILES string of the molecule is COc1ccc(-c2cc3ccc(OC(=O)C4CCCO4)cc3oc2=O)c(OC)c1. The van der Waals surface area contributed by atoms with Crippen molar-refractivity contribution in [3.05, 3.63) is 52.9 Å². The first kappa shape index (κ1) is 19.0. The molecule has 0 bridgehead atoms. The summed E-state index contributed by atoms with van der Waals surface area (Å²) in [5.41, 5.74) is 0.756. The normalized spacial score (nSPS) is 16.0. The Balaban J connectivity index is 1.68. The zero-order valence-electron chi connectivity index (χ0n) is 16.1. The molecule has 0 radical (unpaired) electrons. The van der Waals surface area contributed by atoms with Crippen molar-refractivity contribution in [3.8, 4) is 28.4 Å². The van der Waals surface area contributed by atoms with Crippen molar-refractivity contribution in [2.24, 2.45) is 0 Å². The van der Waals surface area contributed by atoms with E-state index in [9.17, 15) is 9.59 Å². The van der Waals surface area contributed by atoms with Gasteiger partial charge in [-0.2, -0.15) is 0 Å². The minimum absolute atomic E-state index is 0.302. The molecule has 1 aliphatic heterocycles. The molecule has 0 aliphatic carbocycles. The van der Waals surface area contributed by atoms with Crippen molar-refractivity contribution >= 4 is 16.9 Å². The molecule has 3 aromatic rings. The Morgan fingerprint density at radius 3 is 2.55 bits per heavy atom. The molecule has 1 fully saturated rings. The zero-order valence-corrected chi connectivity index (χ0v) is 16.1. The molecule has 1 unspecified atom stereocenters. The first-order valence-electron chi connectivity index (χ1n) is 9.22. The molecular weight excluding hydrogens is 376 g/mol. The van der Waals surface area contributed by atoms with Crippen LogP contribution in [0.25, 0.3) is 22.1 Å². The second-order valence-corrected chi connectivity index (χ2v) is 6.64. The molecule has 0 spiro atoms. The molecule has 4 rings (SSSR count). The van der Waals surface area contributed by atoms with Crippen molar-refractivity contribution in [1.82, 2.24) is 0 Å². The van der Waals surface area contributed by atoms with Crippen molar-refractivity contribution < 1.29 is 28.2 Å². The molecule has 150 valence electrons. The molecule has 1 saturated heterocycles. The van der Waals surface area contributed by atoms with Gasteiger partial charge in [-0.25, -0.2) is 9.59 Å². The minimum Gasteiger partial charge on any atom is -0.497 e. The van der Waals surface area contributed by atoms with Crippen molar-refractivity contribution in [3.63, 3.8) is 0 Å². The summed E-state index contributed by atoms with van der Waals surface area (Å²) in [5.74, 6) is 0.978. The standard InChI is InChI=1S/C22H20O7/c1-25-14-7-8-16(20(11-14)26-2)17-10-13-5-6-15(12-19(13)29-21(17)23)28-22(24)18-4-3-9-27-18/h5-8,10-12,18H,3-4,9H2,1-2H3. The largest absolute Gasteiger partial charge is 0.497 e. The molecule has 0 amide bonds. The van der Waals surface area contributed by atoms with E-state index in [0.29, 0.717) is 52.4 Å². The van der Waals surface area contributed by atoms with Crippen LogP contribution in [0.1, 0.15) is 12.8 Å². The van der Waals surface area contributed by atoms with E-state index in [-0.39, 0.29) is 0 Å². The van der Waals surface area contributed by atoms with Gasteiger partial charge in [0.25, 0.3) is 0 Å². The number of hydrogen-bond donors (Lipinski definition) is 0. The highest BCUT2D eigenvalue weighted by molar-refractivity contribution is 5.85. The number of rotatable bonds is 5. The lowest BCUT2D eigenvalue weighted by Crippen LogP contribution is -2.24. The van der Waals surface area contributed by atoms with Crippen LogP contribution in [0.15, 0.2) is 51.7 Å². The fourth-order valence-electron chi connectivity index (χ4n) is 3.31. The van der Waals surface area contributed by atoms with Crippen molar-refractivity contribution in [2.45, 2.75) is 18.9 Å². The van der Waals surface area contributed by atoms with Gasteiger partial charge >= 0.3 is 11.6 Å². The number of fused-ring (bicyclic) bond motifs is 1. The molecule has 2 heterocycles. The third kappa shape index (κ3) is 3.82. The van der Waals surface area contributed by atoms with Crippen LogP contribution in [0.5, 0.6) is 17.2 Å². The molecule has 7 heteroatoms. The van der Waals surface area contributed by atoms with E-state index in [2.05, 4.69) is 0 Å². The van der Waals surface area contributed by atoms with E-state index in [1.165, 1.54) is 13.2 Å². The van der Waals surface area contributed by atoms with Gasteiger partial charge < -0.3 is 23.4 Å². The molecule has 0 N–H and O–H groups in total. The molecule has 29 heavy (non-hydrogen) atoms. The van der Waals surface area contributed by atoms with Crippen LogP contribution in [-0.2, 0) is 9.53 Å². The van der Waals surface area contributed by atoms with E-state index < -0.39 is 17.7 Å². The Labute approximate surface area is 166 Å². The second kappa shape index (κ2) is 7.97. The predicted molar refractivity (Wildman–Crippen MR) is 106 cm³/mol. The van der Waals surface area contributed by atoms with Gasteiger partial charge in [0.15, 0.2) is 6.10 Å². The Hall–Kier alpha value is -3.32. The summed E-state index contributed by atoms with van der Waals surface area (Å²) in [6.45, 7) is 0.559. The van der Waals surface area contributed by atoms with Crippen molar-refractivity contribution in [2.75, 3.05) is 20.8 Å². The predicted octanol–water partition coefficient (Wildman–Crippen LogP) is 3.56. The van der Waals surface area contributed by atoms with Gasteiger partial charge in [0.05, 0.1) is 19.8 Å². The van der Waals surface area contributed by atoms with Gasteiger partial charge in [0.2, 0.25) is 0 Å². The Morgan fingerprint density at radius 2 is 1.83 bits per heavy atom. The third-order valence-electron chi connectivity index (χ3n) is 4.82. The lowest BCUT2D eigenvalue weighted by molar-refractivity contribution is -0.144. The quantitative estimate of drug-likeness (QED) is 0.370. The first-order chi connectivity index (χ1) is 14.1. The first-order valence-corrected chi connectivity index (χ1v) is 9.22. The van der Waals surface area contributed by atoms with Crippen LogP contribution in [-0.4, -0.2) is 32.9 Å². The molecule has 1 aromatic heterocycles. The smallest absolute Gasteiger partial charge is 0.344 e. The summed E-state index contributed by atoms with van der Waals surface area (Å²) in [4.78, 5) is 24.7. The van der Waals surface area contributed by atoms with E-state index in [0.717, 1.165) is 6.42 Å². The van der Waals surface area contributed by atoms with Crippen LogP contribution in [0, 0.1) is 0 Å². The van der Waals surface area contributed by atoms with Crippen LogP contribution < -0.4 is 19.8 Å². The van der Waals surface area contributed by atoms with E-state index >= 15 is 0 Å². The van der Waals surface area contributed by atoms with Crippen LogP contribution in [0.3, 0.4) is 0 Å². The zero-order chi connectivity index (χ0) is 20.4. The summed E-state index contributed by atoms with van der Waals surface area (Å²) in [5, 5.41) is 0.689. The molecular formula is C22H20O7.